The van der Waals surface area contributed by atoms with Crippen LogP contribution in [0.3, 0.4) is 0 Å². The van der Waals surface area contributed by atoms with Crippen molar-refractivity contribution in [1.29, 1.82) is 0 Å². The Morgan fingerprint density at radius 3 is 2.28 bits per heavy atom. The number of hydrazine groups is 1. The highest BCUT2D eigenvalue weighted by molar-refractivity contribution is 5.42. The third kappa shape index (κ3) is 3.50. The van der Waals surface area contributed by atoms with Gasteiger partial charge in [0.15, 0.2) is 0 Å². The molecule has 0 amide bonds. The second-order valence-electron chi connectivity index (χ2n) is 6.19. The number of nitrogens with one attached hydrogen (secondary N) is 3. The van der Waals surface area contributed by atoms with Gasteiger partial charge in [0.2, 0.25) is 0 Å². The molecule has 98 valence electrons. The van der Waals surface area contributed by atoms with Crippen molar-refractivity contribution in [2.45, 2.75) is 45.2 Å². The molecule has 0 saturated heterocycles. The molecule has 0 saturated carbocycles. The molecule has 0 radical (unpaired) electrons. The second-order valence-corrected chi connectivity index (χ2v) is 6.19. The SMILES string of the molecule is CC1(C)C=C(NNc2ccccc2)CC(C)(C)N1. The average Bonchev–Trinajstić information content (AvgIpc) is 2.24. The van der Waals surface area contributed by atoms with Gasteiger partial charge in [-0.3, -0.25) is 0 Å². The summed E-state index contributed by atoms with van der Waals surface area (Å²) in [5.41, 5.74) is 9.00. The Kier molecular flexibility index (Phi) is 3.35. The van der Waals surface area contributed by atoms with Gasteiger partial charge in [0.1, 0.15) is 0 Å². The summed E-state index contributed by atoms with van der Waals surface area (Å²) in [6.07, 6.45) is 3.23. The molecule has 0 aliphatic carbocycles. The highest BCUT2D eigenvalue weighted by atomic mass is 15.4. The van der Waals surface area contributed by atoms with Crippen LogP contribution in [0, 0.1) is 0 Å². The zero-order valence-corrected chi connectivity index (χ0v) is 11.7. The lowest BCUT2D eigenvalue weighted by Gasteiger charge is -2.41. The molecule has 2 rings (SSSR count). The predicted octanol–water partition coefficient (Wildman–Crippen LogP) is 3.04. The van der Waals surface area contributed by atoms with Gasteiger partial charge in [-0.1, -0.05) is 18.2 Å². The standard InChI is InChI=1S/C15H23N3/c1-14(2)10-13(11-15(3,4)18-14)17-16-12-8-6-5-7-9-12/h5-10,16-18H,11H2,1-4H3. The Hall–Kier alpha value is -1.48. The van der Waals surface area contributed by atoms with Gasteiger partial charge < -0.3 is 16.2 Å². The summed E-state index contributed by atoms with van der Waals surface area (Å²) in [5, 5.41) is 3.62. The van der Waals surface area contributed by atoms with Crippen LogP contribution in [0.2, 0.25) is 0 Å². The molecule has 3 heteroatoms. The molecule has 0 aromatic heterocycles. The van der Waals surface area contributed by atoms with Crippen LogP contribution in [0.25, 0.3) is 0 Å². The molecule has 3 N–H and O–H groups in total. The van der Waals surface area contributed by atoms with Gasteiger partial charge in [-0.25, -0.2) is 0 Å². The van der Waals surface area contributed by atoms with Crippen molar-refractivity contribution < 1.29 is 0 Å². The summed E-state index contributed by atoms with van der Waals surface area (Å²) in [6.45, 7) is 8.84. The third-order valence-corrected chi connectivity index (χ3v) is 2.97. The summed E-state index contributed by atoms with van der Waals surface area (Å²) >= 11 is 0. The number of para-hydroxylation sites is 1. The van der Waals surface area contributed by atoms with Crippen LogP contribution < -0.4 is 16.2 Å². The lowest BCUT2D eigenvalue weighted by atomic mass is 9.86. The predicted molar refractivity (Wildman–Crippen MR) is 77.2 cm³/mol. The first-order chi connectivity index (χ1) is 8.36. The number of rotatable bonds is 3. The molecule has 1 aromatic rings. The fourth-order valence-corrected chi connectivity index (χ4v) is 2.67. The zero-order chi connectivity index (χ0) is 13.2. The lowest BCUT2D eigenvalue weighted by Crippen LogP contribution is -2.55. The smallest absolute Gasteiger partial charge is 0.0539 e. The summed E-state index contributed by atoms with van der Waals surface area (Å²) in [4.78, 5) is 0. The lowest BCUT2D eigenvalue weighted by molar-refractivity contribution is 0.278. The molecular formula is C15H23N3. The Morgan fingerprint density at radius 1 is 1.00 bits per heavy atom. The monoisotopic (exact) mass is 245 g/mol. The van der Waals surface area contributed by atoms with Crippen molar-refractivity contribution in [3.05, 3.63) is 42.1 Å². The number of hydrogen-bond acceptors (Lipinski definition) is 3. The molecule has 1 aliphatic heterocycles. The minimum atomic E-state index is 0.0163. The summed E-state index contributed by atoms with van der Waals surface area (Å²) in [6, 6.07) is 10.2. The minimum absolute atomic E-state index is 0.0163. The van der Waals surface area contributed by atoms with Crippen molar-refractivity contribution in [3.63, 3.8) is 0 Å². The molecule has 3 nitrogen and oxygen atoms in total. The molecular weight excluding hydrogens is 222 g/mol. The van der Waals surface area contributed by atoms with E-state index >= 15 is 0 Å². The quantitative estimate of drug-likeness (QED) is 0.716. The maximum Gasteiger partial charge on any atom is 0.0539 e. The van der Waals surface area contributed by atoms with Gasteiger partial charge in [-0.05, 0) is 45.9 Å². The van der Waals surface area contributed by atoms with E-state index in [1.165, 1.54) is 5.70 Å². The van der Waals surface area contributed by atoms with Crippen LogP contribution in [0.4, 0.5) is 5.69 Å². The van der Waals surface area contributed by atoms with Gasteiger partial charge in [0.25, 0.3) is 0 Å². The first kappa shape index (κ1) is 13.0. The molecule has 0 fully saturated rings. The van der Waals surface area contributed by atoms with E-state index in [0.29, 0.717) is 0 Å². The van der Waals surface area contributed by atoms with Gasteiger partial charge in [-0.2, -0.15) is 0 Å². The zero-order valence-electron chi connectivity index (χ0n) is 11.7. The van der Waals surface area contributed by atoms with Crippen LogP contribution in [0.5, 0.6) is 0 Å². The Labute approximate surface area is 110 Å². The molecule has 1 aromatic carbocycles. The van der Waals surface area contributed by atoms with Crippen LogP contribution in [0.1, 0.15) is 34.1 Å². The van der Waals surface area contributed by atoms with E-state index < -0.39 is 0 Å². The Bertz CT molecular complexity index is 432. The second kappa shape index (κ2) is 4.65. The van der Waals surface area contributed by atoms with E-state index in [0.717, 1.165) is 12.1 Å². The summed E-state index contributed by atoms with van der Waals surface area (Å²) < 4.78 is 0. The van der Waals surface area contributed by atoms with E-state index in [4.69, 9.17) is 0 Å². The van der Waals surface area contributed by atoms with Crippen molar-refractivity contribution in [3.8, 4) is 0 Å². The Balaban J connectivity index is 2.03. The van der Waals surface area contributed by atoms with Crippen LogP contribution >= 0.6 is 0 Å². The fourth-order valence-electron chi connectivity index (χ4n) is 2.67. The summed E-state index contributed by atoms with van der Waals surface area (Å²) in [5.74, 6) is 0. The molecule has 18 heavy (non-hydrogen) atoms. The van der Waals surface area contributed by atoms with E-state index in [1.807, 2.05) is 30.3 Å². The van der Waals surface area contributed by atoms with E-state index in [1.54, 1.807) is 0 Å². The first-order valence-electron chi connectivity index (χ1n) is 6.45. The van der Waals surface area contributed by atoms with Gasteiger partial charge >= 0.3 is 0 Å². The van der Waals surface area contributed by atoms with E-state index in [2.05, 4.69) is 49.9 Å². The van der Waals surface area contributed by atoms with Gasteiger partial charge in [-0.15, -0.1) is 0 Å². The number of hydrogen-bond donors (Lipinski definition) is 3. The van der Waals surface area contributed by atoms with Gasteiger partial charge in [0.05, 0.1) is 5.69 Å². The molecule has 0 bridgehead atoms. The molecule has 0 atom stereocenters. The maximum absolute atomic E-state index is 3.62. The number of benzene rings is 1. The molecule has 0 unspecified atom stereocenters. The fraction of sp³-hybridized carbons (Fsp3) is 0.467. The van der Waals surface area contributed by atoms with Crippen LogP contribution in [-0.2, 0) is 0 Å². The number of anilines is 1. The maximum atomic E-state index is 3.62. The third-order valence-electron chi connectivity index (χ3n) is 2.97. The highest BCUT2D eigenvalue weighted by Crippen LogP contribution is 2.26. The van der Waals surface area contributed by atoms with Crippen molar-refractivity contribution in [2.24, 2.45) is 0 Å². The van der Waals surface area contributed by atoms with Crippen molar-refractivity contribution >= 4 is 5.69 Å². The van der Waals surface area contributed by atoms with Crippen molar-refractivity contribution in [2.75, 3.05) is 5.43 Å². The summed E-state index contributed by atoms with van der Waals surface area (Å²) in [7, 11) is 0. The molecule has 0 spiro atoms. The van der Waals surface area contributed by atoms with Crippen LogP contribution in [-0.4, -0.2) is 11.1 Å². The normalized spacial score (nSPS) is 21.0. The van der Waals surface area contributed by atoms with Crippen molar-refractivity contribution in [1.82, 2.24) is 10.7 Å². The topological polar surface area (TPSA) is 36.1 Å². The minimum Gasteiger partial charge on any atom is -0.305 e. The van der Waals surface area contributed by atoms with E-state index in [9.17, 15) is 0 Å². The Morgan fingerprint density at radius 2 is 1.67 bits per heavy atom. The van der Waals surface area contributed by atoms with E-state index in [-0.39, 0.29) is 11.1 Å². The first-order valence-corrected chi connectivity index (χ1v) is 6.45. The highest BCUT2D eigenvalue weighted by Gasteiger charge is 2.32. The van der Waals surface area contributed by atoms with Crippen LogP contribution in [0.15, 0.2) is 42.1 Å². The molecule has 1 aliphatic rings. The molecule has 1 heterocycles. The average molecular weight is 245 g/mol. The largest absolute Gasteiger partial charge is 0.305 e. The van der Waals surface area contributed by atoms with Gasteiger partial charge in [0, 0.05) is 23.2 Å².